The average molecular weight is 285 g/mol. The van der Waals surface area contributed by atoms with E-state index in [9.17, 15) is 4.79 Å². The van der Waals surface area contributed by atoms with Crippen LogP contribution < -0.4 is 5.32 Å². The van der Waals surface area contributed by atoms with Gasteiger partial charge in [0.15, 0.2) is 0 Å². The lowest BCUT2D eigenvalue weighted by Crippen LogP contribution is -2.13. The van der Waals surface area contributed by atoms with Gasteiger partial charge in [-0.2, -0.15) is 0 Å². The van der Waals surface area contributed by atoms with Crippen molar-refractivity contribution in [2.75, 3.05) is 11.1 Å². The molecular formula is C17H19NOS. The van der Waals surface area contributed by atoms with Crippen LogP contribution in [-0.2, 0) is 0 Å². The Hall–Kier alpha value is -1.74. The Morgan fingerprint density at radius 2 is 1.90 bits per heavy atom. The first-order valence-electron chi connectivity index (χ1n) is 6.72. The molecule has 0 saturated heterocycles. The number of rotatable bonds is 4. The minimum Gasteiger partial charge on any atom is -0.322 e. The SMILES string of the molecule is CCSc1ccccc1C(=O)Nc1ccc(C)cc1C. The van der Waals surface area contributed by atoms with E-state index >= 15 is 0 Å². The first-order valence-corrected chi connectivity index (χ1v) is 7.71. The molecule has 0 aliphatic rings. The van der Waals surface area contributed by atoms with Gasteiger partial charge in [0, 0.05) is 10.6 Å². The molecule has 2 aromatic carbocycles. The minimum atomic E-state index is -0.0477. The molecule has 2 rings (SSSR count). The molecule has 2 aromatic rings. The van der Waals surface area contributed by atoms with Crippen molar-refractivity contribution >= 4 is 23.4 Å². The fraction of sp³-hybridized carbons (Fsp3) is 0.235. The topological polar surface area (TPSA) is 29.1 Å². The van der Waals surface area contributed by atoms with Gasteiger partial charge in [0.1, 0.15) is 0 Å². The smallest absolute Gasteiger partial charge is 0.256 e. The van der Waals surface area contributed by atoms with Gasteiger partial charge in [-0.05, 0) is 43.4 Å². The molecule has 0 saturated carbocycles. The van der Waals surface area contributed by atoms with Crippen LogP contribution in [-0.4, -0.2) is 11.7 Å². The number of hydrogen-bond donors (Lipinski definition) is 1. The van der Waals surface area contributed by atoms with Crippen molar-refractivity contribution in [2.45, 2.75) is 25.7 Å². The third kappa shape index (κ3) is 3.42. The summed E-state index contributed by atoms with van der Waals surface area (Å²) in [6.07, 6.45) is 0. The van der Waals surface area contributed by atoms with Crippen LogP contribution in [0.5, 0.6) is 0 Å². The highest BCUT2D eigenvalue weighted by molar-refractivity contribution is 7.99. The van der Waals surface area contributed by atoms with Crippen LogP contribution in [0, 0.1) is 13.8 Å². The molecule has 1 N–H and O–H groups in total. The molecule has 0 aromatic heterocycles. The molecule has 0 radical (unpaired) electrons. The Labute approximate surface area is 124 Å². The molecule has 0 heterocycles. The molecule has 2 nitrogen and oxygen atoms in total. The maximum absolute atomic E-state index is 12.4. The second kappa shape index (κ2) is 6.62. The van der Waals surface area contributed by atoms with Crippen molar-refractivity contribution < 1.29 is 4.79 Å². The highest BCUT2D eigenvalue weighted by Crippen LogP contribution is 2.24. The molecule has 104 valence electrons. The normalized spacial score (nSPS) is 10.3. The van der Waals surface area contributed by atoms with E-state index in [4.69, 9.17) is 0 Å². The Balaban J connectivity index is 2.24. The summed E-state index contributed by atoms with van der Waals surface area (Å²) in [5.41, 5.74) is 3.89. The van der Waals surface area contributed by atoms with Gasteiger partial charge in [-0.1, -0.05) is 36.8 Å². The van der Waals surface area contributed by atoms with E-state index in [0.717, 1.165) is 27.5 Å². The molecule has 0 unspecified atom stereocenters. The summed E-state index contributed by atoms with van der Waals surface area (Å²) in [6, 6.07) is 13.8. The van der Waals surface area contributed by atoms with Crippen LogP contribution in [0.15, 0.2) is 47.4 Å². The number of anilines is 1. The number of hydrogen-bond acceptors (Lipinski definition) is 2. The summed E-state index contributed by atoms with van der Waals surface area (Å²) < 4.78 is 0. The number of carbonyl (C=O) groups is 1. The summed E-state index contributed by atoms with van der Waals surface area (Å²) in [4.78, 5) is 13.4. The van der Waals surface area contributed by atoms with Gasteiger partial charge < -0.3 is 5.32 Å². The molecule has 0 spiro atoms. The van der Waals surface area contributed by atoms with Crippen LogP contribution in [0.4, 0.5) is 5.69 Å². The molecule has 1 amide bonds. The third-order valence-corrected chi connectivity index (χ3v) is 4.02. The van der Waals surface area contributed by atoms with E-state index in [1.54, 1.807) is 11.8 Å². The summed E-state index contributed by atoms with van der Waals surface area (Å²) in [7, 11) is 0. The Morgan fingerprint density at radius 3 is 2.60 bits per heavy atom. The fourth-order valence-electron chi connectivity index (χ4n) is 2.08. The van der Waals surface area contributed by atoms with Gasteiger partial charge in [-0.15, -0.1) is 11.8 Å². The van der Waals surface area contributed by atoms with Gasteiger partial charge >= 0.3 is 0 Å². The van der Waals surface area contributed by atoms with Crippen LogP contribution in [0.2, 0.25) is 0 Å². The van der Waals surface area contributed by atoms with Crippen LogP contribution in [0.25, 0.3) is 0 Å². The molecule has 0 bridgehead atoms. The predicted molar refractivity (Wildman–Crippen MR) is 86.7 cm³/mol. The standard InChI is InChI=1S/C17H19NOS/c1-4-20-16-8-6-5-7-14(16)17(19)18-15-10-9-12(2)11-13(15)3/h5-11H,4H2,1-3H3,(H,18,19). The predicted octanol–water partition coefficient (Wildman–Crippen LogP) is 4.67. The molecule has 0 aliphatic heterocycles. The number of amides is 1. The van der Waals surface area contributed by atoms with Crippen LogP contribution >= 0.6 is 11.8 Å². The van der Waals surface area contributed by atoms with Crippen LogP contribution in [0.3, 0.4) is 0 Å². The maximum atomic E-state index is 12.4. The highest BCUT2D eigenvalue weighted by atomic mass is 32.2. The van der Waals surface area contributed by atoms with E-state index in [1.165, 1.54) is 5.56 Å². The van der Waals surface area contributed by atoms with Gasteiger partial charge in [-0.25, -0.2) is 0 Å². The van der Waals surface area contributed by atoms with Gasteiger partial charge in [-0.3, -0.25) is 4.79 Å². The minimum absolute atomic E-state index is 0.0477. The van der Waals surface area contributed by atoms with Crippen molar-refractivity contribution in [2.24, 2.45) is 0 Å². The molecule has 0 atom stereocenters. The number of benzene rings is 2. The van der Waals surface area contributed by atoms with Gasteiger partial charge in [0.2, 0.25) is 0 Å². The first-order chi connectivity index (χ1) is 9.61. The first kappa shape index (κ1) is 14.7. The van der Waals surface area contributed by atoms with Crippen molar-refractivity contribution in [3.8, 4) is 0 Å². The fourth-order valence-corrected chi connectivity index (χ4v) is 2.88. The lowest BCUT2D eigenvalue weighted by molar-refractivity contribution is 0.102. The summed E-state index contributed by atoms with van der Waals surface area (Å²) in [5, 5.41) is 3.00. The Kier molecular flexibility index (Phi) is 4.85. The lowest BCUT2D eigenvalue weighted by Gasteiger charge is -2.11. The van der Waals surface area contributed by atoms with E-state index < -0.39 is 0 Å². The number of carbonyl (C=O) groups excluding carboxylic acids is 1. The molecule has 3 heteroatoms. The summed E-state index contributed by atoms with van der Waals surface area (Å²) >= 11 is 1.69. The van der Waals surface area contributed by atoms with Crippen molar-refractivity contribution in [3.63, 3.8) is 0 Å². The van der Waals surface area contributed by atoms with Gasteiger partial charge in [0.05, 0.1) is 5.56 Å². The lowest BCUT2D eigenvalue weighted by atomic mass is 10.1. The van der Waals surface area contributed by atoms with Crippen molar-refractivity contribution in [1.82, 2.24) is 0 Å². The van der Waals surface area contributed by atoms with E-state index in [0.29, 0.717) is 0 Å². The van der Waals surface area contributed by atoms with Crippen molar-refractivity contribution in [1.29, 1.82) is 0 Å². The quantitative estimate of drug-likeness (QED) is 0.827. The summed E-state index contributed by atoms with van der Waals surface area (Å²) in [5.74, 6) is 0.905. The van der Waals surface area contributed by atoms with Crippen LogP contribution in [0.1, 0.15) is 28.4 Å². The van der Waals surface area contributed by atoms with E-state index in [2.05, 4.69) is 18.3 Å². The zero-order valence-electron chi connectivity index (χ0n) is 12.1. The zero-order chi connectivity index (χ0) is 14.5. The van der Waals surface area contributed by atoms with Crippen molar-refractivity contribution in [3.05, 3.63) is 59.2 Å². The second-order valence-electron chi connectivity index (χ2n) is 4.70. The number of aryl methyl sites for hydroxylation is 2. The maximum Gasteiger partial charge on any atom is 0.256 e. The molecular weight excluding hydrogens is 266 g/mol. The van der Waals surface area contributed by atoms with Gasteiger partial charge in [0.25, 0.3) is 5.91 Å². The number of nitrogens with one attached hydrogen (secondary N) is 1. The Bertz CT molecular complexity index is 622. The molecule has 20 heavy (non-hydrogen) atoms. The summed E-state index contributed by atoms with van der Waals surface area (Å²) in [6.45, 7) is 6.14. The number of thioether (sulfide) groups is 1. The molecule has 0 fully saturated rings. The van der Waals surface area contributed by atoms with E-state index in [1.807, 2.05) is 50.2 Å². The highest BCUT2D eigenvalue weighted by Gasteiger charge is 2.12. The van der Waals surface area contributed by atoms with E-state index in [-0.39, 0.29) is 5.91 Å². The molecule has 0 aliphatic carbocycles. The largest absolute Gasteiger partial charge is 0.322 e. The second-order valence-corrected chi connectivity index (χ2v) is 6.01. The average Bonchev–Trinajstić information content (AvgIpc) is 2.43. The Morgan fingerprint density at radius 1 is 1.15 bits per heavy atom. The monoisotopic (exact) mass is 285 g/mol. The zero-order valence-corrected chi connectivity index (χ0v) is 12.9. The third-order valence-electron chi connectivity index (χ3n) is 3.06.